The second-order valence-electron chi connectivity index (χ2n) is 4.55. The van der Waals surface area contributed by atoms with Crippen LogP contribution in [0.15, 0.2) is 23.4 Å². The lowest BCUT2D eigenvalue weighted by Crippen LogP contribution is -2.24. The van der Waals surface area contributed by atoms with Crippen LogP contribution in [0.5, 0.6) is 0 Å². The normalized spacial score (nSPS) is 14.3. The zero-order valence-corrected chi connectivity index (χ0v) is 10.1. The van der Waals surface area contributed by atoms with Gasteiger partial charge in [0.1, 0.15) is 12.0 Å². The van der Waals surface area contributed by atoms with Gasteiger partial charge in [0.15, 0.2) is 0 Å². The van der Waals surface area contributed by atoms with Crippen LogP contribution in [-0.4, -0.2) is 25.8 Å². The monoisotopic (exact) mass is 259 g/mol. The van der Waals surface area contributed by atoms with Crippen LogP contribution in [0.2, 0.25) is 0 Å². The zero-order valence-electron chi connectivity index (χ0n) is 10.1. The number of aromatic amines is 2. The smallest absolute Gasteiger partial charge is 0.323 e. The molecule has 0 spiro atoms. The third-order valence-corrected chi connectivity index (χ3v) is 3.01. The molecule has 0 aliphatic heterocycles. The molecule has 0 radical (unpaired) electrons. The minimum atomic E-state index is -0.400. The molecule has 19 heavy (non-hydrogen) atoms. The molecule has 7 nitrogen and oxygen atoms in total. The molecule has 0 bridgehead atoms. The molecule has 2 aromatic heterocycles. The summed E-state index contributed by atoms with van der Waals surface area (Å²) in [6.07, 6.45) is 5.21. The van der Waals surface area contributed by atoms with Crippen molar-refractivity contribution in [1.82, 2.24) is 25.3 Å². The van der Waals surface area contributed by atoms with Gasteiger partial charge in [0.25, 0.3) is 5.91 Å². The Balaban J connectivity index is 1.64. The summed E-state index contributed by atoms with van der Waals surface area (Å²) in [6, 6.07) is 1.91. The van der Waals surface area contributed by atoms with Crippen molar-refractivity contribution in [1.29, 1.82) is 0 Å². The highest BCUT2D eigenvalue weighted by atomic mass is 16.2. The van der Waals surface area contributed by atoms with E-state index in [1.807, 2.05) is 6.07 Å². The lowest BCUT2D eigenvalue weighted by molar-refractivity contribution is 0.0946. The van der Waals surface area contributed by atoms with Crippen molar-refractivity contribution in [2.45, 2.75) is 25.3 Å². The Hall–Kier alpha value is -2.44. The van der Waals surface area contributed by atoms with E-state index in [1.165, 1.54) is 25.4 Å². The average Bonchev–Trinajstić information content (AvgIpc) is 3.19. The predicted octanol–water partition coefficient (Wildman–Crippen LogP) is 0.300. The Bertz CT molecular complexity index is 656. The van der Waals surface area contributed by atoms with Crippen molar-refractivity contribution in [3.05, 3.63) is 46.2 Å². The van der Waals surface area contributed by atoms with E-state index in [1.54, 1.807) is 0 Å². The number of carbonyl (C=O) groups is 1. The van der Waals surface area contributed by atoms with Crippen molar-refractivity contribution in [2.24, 2.45) is 0 Å². The number of imidazole rings is 1. The predicted molar refractivity (Wildman–Crippen MR) is 66.6 cm³/mol. The summed E-state index contributed by atoms with van der Waals surface area (Å²) in [5, 5.41) is 2.70. The molecule has 0 saturated heterocycles. The van der Waals surface area contributed by atoms with Crippen LogP contribution in [-0.2, 0) is 6.54 Å². The van der Waals surface area contributed by atoms with E-state index >= 15 is 0 Å². The first kappa shape index (κ1) is 11.6. The van der Waals surface area contributed by atoms with Crippen molar-refractivity contribution >= 4 is 5.91 Å². The van der Waals surface area contributed by atoms with Crippen LogP contribution in [0.1, 0.15) is 40.6 Å². The van der Waals surface area contributed by atoms with Crippen LogP contribution in [0, 0.1) is 0 Å². The molecule has 3 N–H and O–H groups in total. The highest BCUT2D eigenvalue weighted by Crippen LogP contribution is 2.38. The van der Waals surface area contributed by atoms with Crippen molar-refractivity contribution in [2.75, 3.05) is 0 Å². The summed E-state index contributed by atoms with van der Waals surface area (Å²) in [4.78, 5) is 35.7. The summed E-state index contributed by atoms with van der Waals surface area (Å²) in [5.74, 6) is 0.211. The maximum absolute atomic E-state index is 11.7. The van der Waals surface area contributed by atoms with E-state index in [2.05, 4.69) is 25.3 Å². The first-order valence-corrected chi connectivity index (χ1v) is 6.09. The highest BCUT2D eigenvalue weighted by molar-refractivity contribution is 5.91. The second-order valence-corrected chi connectivity index (χ2v) is 4.55. The maximum atomic E-state index is 11.7. The van der Waals surface area contributed by atoms with Crippen molar-refractivity contribution in [3.63, 3.8) is 0 Å². The van der Waals surface area contributed by atoms with Gasteiger partial charge in [0.05, 0.1) is 12.2 Å². The van der Waals surface area contributed by atoms with Gasteiger partial charge in [-0.3, -0.25) is 4.79 Å². The number of nitrogens with one attached hydrogen (secondary N) is 3. The van der Waals surface area contributed by atoms with Crippen LogP contribution >= 0.6 is 0 Å². The van der Waals surface area contributed by atoms with Gasteiger partial charge in [0.2, 0.25) is 0 Å². The van der Waals surface area contributed by atoms with Crippen molar-refractivity contribution in [3.8, 4) is 0 Å². The van der Waals surface area contributed by atoms with E-state index in [9.17, 15) is 9.59 Å². The molecule has 1 fully saturated rings. The Morgan fingerprint density at radius 3 is 2.95 bits per heavy atom. The van der Waals surface area contributed by atoms with Crippen LogP contribution in [0.4, 0.5) is 0 Å². The van der Waals surface area contributed by atoms with Gasteiger partial charge < -0.3 is 15.3 Å². The van der Waals surface area contributed by atoms with Gasteiger partial charge in [-0.1, -0.05) is 0 Å². The number of rotatable bonds is 4. The first-order valence-electron chi connectivity index (χ1n) is 6.09. The van der Waals surface area contributed by atoms with Crippen LogP contribution in [0.25, 0.3) is 0 Å². The lowest BCUT2D eigenvalue weighted by Gasteiger charge is -2.04. The molecule has 0 atom stereocenters. The van der Waals surface area contributed by atoms with Gasteiger partial charge in [0, 0.05) is 17.8 Å². The van der Waals surface area contributed by atoms with E-state index in [-0.39, 0.29) is 11.6 Å². The summed E-state index contributed by atoms with van der Waals surface area (Å²) >= 11 is 0. The van der Waals surface area contributed by atoms with Gasteiger partial charge in [-0.2, -0.15) is 0 Å². The van der Waals surface area contributed by atoms with Gasteiger partial charge in [-0.05, 0) is 18.9 Å². The Kier molecular flexibility index (Phi) is 2.86. The number of aromatic nitrogens is 4. The molecule has 3 rings (SSSR count). The number of carbonyl (C=O) groups excluding carboxylic acids is 1. The third kappa shape index (κ3) is 2.70. The molecule has 2 aromatic rings. The summed E-state index contributed by atoms with van der Waals surface area (Å²) in [6.45, 7) is 0.314. The highest BCUT2D eigenvalue weighted by Gasteiger charge is 2.25. The quantitative estimate of drug-likeness (QED) is 0.734. The molecule has 1 aliphatic carbocycles. The van der Waals surface area contributed by atoms with E-state index in [0.29, 0.717) is 12.5 Å². The summed E-state index contributed by atoms with van der Waals surface area (Å²) in [5.41, 5.74) is 1.61. The maximum Gasteiger partial charge on any atom is 0.323 e. The number of hydrogen-bond acceptors (Lipinski definition) is 4. The number of nitrogens with zero attached hydrogens (tertiary/aromatic N) is 2. The van der Waals surface area contributed by atoms with E-state index < -0.39 is 5.69 Å². The molecule has 1 aliphatic rings. The Labute approximate surface area is 108 Å². The number of hydrogen-bond donors (Lipinski definition) is 3. The fraction of sp³-hybridized carbons (Fsp3) is 0.333. The number of H-pyrrole nitrogens is 2. The Morgan fingerprint density at radius 2 is 2.26 bits per heavy atom. The molecular weight excluding hydrogens is 246 g/mol. The molecular formula is C12H13N5O2. The summed E-state index contributed by atoms with van der Waals surface area (Å²) in [7, 11) is 0. The minimum Gasteiger partial charge on any atom is -0.345 e. The topological polar surface area (TPSA) is 104 Å². The van der Waals surface area contributed by atoms with Gasteiger partial charge in [-0.25, -0.2) is 14.8 Å². The van der Waals surface area contributed by atoms with Crippen LogP contribution in [0.3, 0.4) is 0 Å². The van der Waals surface area contributed by atoms with Gasteiger partial charge in [-0.15, -0.1) is 0 Å². The van der Waals surface area contributed by atoms with Gasteiger partial charge >= 0.3 is 5.69 Å². The molecule has 1 saturated carbocycles. The number of amides is 1. The van der Waals surface area contributed by atoms with Crippen LogP contribution < -0.4 is 11.0 Å². The van der Waals surface area contributed by atoms with Crippen molar-refractivity contribution < 1.29 is 4.79 Å². The lowest BCUT2D eigenvalue weighted by atomic mass is 10.2. The summed E-state index contributed by atoms with van der Waals surface area (Å²) < 4.78 is 0. The molecule has 7 heteroatoms. The molecule has 1 amide bonds. The first-order chi connectivity index (χ1) is 9.22. The molecule has 0 aromatic carbocycles. The second kappa shape index (κ2) is 4.68. The fourth-order valence-electron chi connectivity index (χ4n) is 1.83. The molecule has 0 unspecified atom stereocenters. The average molecular weight is 259 g/mol. The Morgan fingerprint density at radius 1 is 1.42 bits per heavy atom. The SMILES string of the molecule is O=C(NCc1cc(C2CC2)ncn1)c1c[nH]c(=O)[nH]1. The largest absolute Gasteiger partial charge is 0.345 e. The van der Waals surface area contributed by atoms with E-state index in [0.717, 1.165) is 11.4 Å². The molecule has 2 heterocycles. The zero-order chi connectivity index (χ0) is 13.2. The van der Waals surface area contributed by atoms with E-state index in [4.69, 9.17) is 0 Å². The minimum absolute atomic E-state index is 0.210. The molecule has 98 valence electrons. The standard InChI is InChI=1S/C12H13N5O2/c18-11(10-5-14-12(19)17-10)13-4-8-3-9(7-1-2-7)16-6-15-8/h3,5-7H,1-2,4H2,(H,13,18)(H2,14,17,19). The fourth-order valence-corrected chi connectivity index (χ4v) is 1.83. The third-order valence-electron chi connectivity index (χ3n) is 3.01.